The Morgan fingerprint density at radius 1 is 1.10 bits per heavy atom. The third-order valence-electron chi connectivity index (χ3n) is 7.39. The minimum atomic E-state index is -1.32. The molecule has 42 heavy (non-hydrogen) atoms. The van der Waals surface area contributed by atoms with Crippen LogP contribution in [0.2, 0.25) is 0 Å². The van der Waals surface area contributed by atoms with E-state index < -0.39 is 5.60 Å². The number of hydrogen-bond donors (Lipinski definition) is 2. The van der Waals surface area contributed by atoms with Crippen LogP contribution in [0.3, 0.4) is 0 Å². The third kappa shape index (κ3) is 5.66. The van der Waals surface area contributed by atoms with E-state index in [1.165, 1.54) is 0 Å². The lowest BCUT2D eigenvalue weighted by Gasteiger charge is -2.25. The summed E-state index contributed by atoms with van der Waals surface area (Å²) in [4.78, 5) is 27.4. The van der Waals surface area contributed by atoms with Crippen LogP contribution in [-0.4, -0.2) is 49.3 Å². The van der Waals surface area contributed by atoms with Crippen molar-refractivity contribution in [2.24, 2.45) is 0 Å². The van der Waals surface area contributed by atoms with Crippen LogP contribution in [0.4, 0.5) is 0 Å². The number of nitrogens with one attached hydrogen (secondary N) is 1. The molecule has 0 spiro atoms. The van der Waals surface area contributed by atoms with E-state index in [1.807, 2.05) is 43.3 Å². The predicted molar refractivity (Wildman–Crippen MR) is 156 cm³/mol. The number of aldehydes is 1. The number of ether oxygens (including phenoxy) is 4. The number of pyridine rings is 1. The Labute approximate surface area is 242 Å². The van der Waals surface area contributed by atoms with Crippen LogP contribution in [0.15, 0.2) is 64.1 Å². The summed E-state index contributed by atoms with van der Waals surface area (Å²) in [6, 6.07) is 13.2. The number of aromatic nitrogens is 1. The number of fused-ring (bicyclic) bond motifs is 3. The number of hydrogen-bond acceptors (Lipinski definition) is 10. The highest BCUT2D eigenvalue weighted by Crippen LogP contribution is 2.35. The zero-order chi connectivity index (χ0) is 29.9. The molecule has 1 aliphatic heterocycles. The van der Waals surface area contributed by atoms with Gasteiger partial charge in [-0.1, -0.05) is 6.92 Å². The highest BCUT2D eigenvalue weighted by molar-refractivity contribution is 5.87. The third-order valence-corrected chi connectivity index (χ3v) is 7.39. The summed E-state index contributed by atoms with van der Waals surface area (Å²) >= 11 is 0. The van der Waals surface area contributed by atoms with E-state index in [0.29, 0.717) is 64.8 Å². The van der Waals surface area contributed by atoms with Crippen LogP contribution >= 0.6 is 0 Å². The van der Waals surface area contributed by atoms with Crippen molar-refractivity contribution in [3.05, 3.63) is 76.7 Å². The number of furan rings is 1. The summed E-state index contributed by atoms with van der Waals surface area (Å²) in [5, 5.41) is 16.1. The molecule has 1 atom stereocenters. The summed E-state index contributed by atoms with van der Waals surface area (Å²) in [5.74, 6) is 2.56. The summed E-state index contributed by atoms with van der Waals surface area (Å²) in [6.45, 7) is 4.20. The van der Waals surface area contributed by atoms with E-state index in [1.54, 1.807) is 33.3 Å². The van der Waals surface area contributed by atoms with Gasteiger partial charge in [0.05, 0.1) is 36.7 Å². The minimum Gasteiger partial charge on any atom is -0.497 e. The van der Waals surface area contributed by atoms with Gasteiger partial charge in [-0.05, 0) is 67.0 Å². The molecule has 10 heteroatoms. The second-order valence-corrected chi connectivity index (χ2v) is 10.1. The Morgan fingerprint density at radius 2 is 1.90 bits per heavy atom. The maximum atomic E-state index is 11.8. The molecular weight excluding hydrogens is 540 g/mol. The zero-order valence-corrected chi connectivity index (χ0v) is 23.9. The number of nitrogens with zero attached hydrogens (tertiary/aromatic N) is 1. The van der Waals surface area contributed by atoms with Crippen LogP contribution in [-0.2, 0) is 27.5 Å². The lowest BCUT2D eigenvalue weighted by molar-refractivity contribution is -0.128. The van der Waals surface area contributed by atoms with Crippen molar-refractivity contribution in [1.29, 1.82) is 0 Å². The molecule has 10 nitrogen and oxygen atoms in total. The zero-order valence-electron chi connectivity index (χ0n) is 23.9. The SMILES string of the molecule is CC[C@](C)(O)C(/C=C1\NCc2cc3cc(OCc4cc5cc(OC)cc(OC)c5o4)ccc3nc21)=C(/C=O)COC=O. The minimum absolute atomic E-state index is 0.182. The molecule has 4 aromatic rings. The maximum absolute atomic E-state index is 11.8. The topological polar surface area (TPSA) is 129 Å². The Balaban J connectivity index is 1.41. The maximum Gasteiger partial charge on any atom is 0.293 e. The van der Waals surface area contributed by atoms with Gasteiger partial charge in [-0.15, -0.1) is 0 Å². The van der Waals surface area contributed by atoms with E-state index in [9.17, 15) is 14.7 Å². The first kappa shape index (κ1) is 28.7. The summed E-state index contributed by atoms with van der Waals surface area (Å²) in [5.41, 5.74) is 2.94. The molecule has 5 rings (SSSR count). The Hall–Kier alpha value is -4.83. The number of benzene rings is 2. The normalized spacial score (nSPS) is 15.5. The van der Waals surface area contributed by atoms with Gasteiger partial charge < -0.3 is 33.8 Å². The lowest BCUT2D eigenvalue weighted by Crippen LogP contribution is -2.28. The van der Waals surface area contributed by atoms with Gasteiger partial charge in [0.1, 0.15) is 36.8 Å². The summed E-state index contributed by atoms with van der Waals surface area (Å²) in [7, 11) is 3.18. The van der Waals surface area contributed by atoms with Crippen molar-refractivity contribution >= 4 is 40.3 Å². The molecule has 2 aromatic heterocycles. The van der Waals surface area contributed by atoms with Gasteiger partial charge in [0, 0.05) is 29.0 Å². The van der Waals surface area contributed by atoms with Gasteiger partial charge in [0.25, 0.3) is 6.47 Å². The van der Waals surface area contributed by atoms with Gasteiger partial charge in [0.15, 0.2) is 11.3 Å². The van der Waals surface area contributed by atoms with Gasteiger partial charge >= 0.3 is 0 Å². The monoisotopic (exact) mass is 572 g/mol. The number of carbonyl (C=O) groups is 2. The smallest absolute Gasteiger partial charge is 0.293 e. The fourth-order valence-corrected chi connectivity index (χ4v) is 4.92. The van der Waals surface area contributed by atoms with E-state index in [2.05, 4.69) is 5.32 Å². The lowest BCUT2D eigenvalue weighted by atomic mass is 9.88. The highest BCUT2D eigenvalue weighted by atomic mass is 16.5. The van der Waals surface area contributed by atoms with Crippen LogP contribution in [0.5, 0.6) is 17.2 Å². The Morgan fingerprint density at radius 3 is 2.62 bits per heavy atom. The molecule has 0 radical (unpaired) electrons. The van der Waals surface area contributed by atoms with Crippen molar-refractivity contribution in [3.63, 3.8) is 0 Å². The first-order valence-corrected chi connectivity index (χ1v) is 13.4. The van der Waals surface area contributed by atoms with E-state index in [-0.39, 0.29) is 25.3 Å². The van der Waals surface area contributed by atoms with Crippen LogP contribution < -0.4 is 19.5 Å². The summed E-state index contributed by atoms with van der Waals surface area (Å²) < 4.78 is 27.6. The predicted octanol–water partition coefficient (Wildman–Crippen LogP) is 4.85. The van der Waals surface area contributed by atoms with Crippen molar-refractivity contribution in [2.75, 3.05) is 20.8 Å². The van der Waals surface area contributed by atoms with Crippen molar-refractivity contribution < 1.29 is 38.1 Å². The quantitative estimate of drug-likeness (QED) is 0.179. The fraction of sp³-hybridized carbons (Fsp3) is 0.281. The molecule has 0 amide bonds. The molecule has 0 saturated heterocycles. The van der Waals surface area contributed by atoms with Crippen molar-refractivity contribution in [3.8, 4) is 17.2 Å². The molecule has 0 unspecified atom stereocenters. The molecule has 0 saturated carbocycles. The molecule has 1 aliphatic rings. The van der Waals surface area contributed by atoms with Gasteiger partial charge in [-0.3, -0.25) is 9.59 Å². The average Bonchev–Trinajstić information content (AvgIpc) is 3.61. The molecular formula is C32H32N2O8. The molecule has 2 aromatic carbocycles. The second-order valence-electron chi connectivity index (χ2n) is 10.1. The van der Waals surface area contributed by atoms with Crippen molar-refractivity contribution in [1.82, 2.24) is 10.3 Å². The number of rotatable bonds is 12. The van der Waals surface area contributed by atoms with Crippen LogP contribution in [0.25, 0.3) is 27.6 Å². The van der Waals surface area contributed by atoms with Crippen molar-refractivity contribution in [2.45, 2.75) is 39.0 Å². The molecule has 0 fully saturated rings. The van der Waals surface area contributed by atoms with Gasteiger partial charge in [-0.25, -0.2) is 4.98 Å². The molecule has 218 valence electrons. The van der Waals surface area contributed by atoms with E-state index in [4.69, 9.17) is 28.3 Å². The number of carbonyl (C=O) groups excluding carboxylic acids is 2. The number of methoxy groups -OCH3 is 2. The van der Waals surface area contributed by atoms with Crippen LogP contribution in [0.1, 0.15) is 37.3 Å². The Kier molecular flexibility index (Phi) is 8.17. The first-order chi connectivity index (χ1) is 20.3. The van der Waals surface area contributed by atoms with Gasteiger partial charge in [0.2, 0.25) is 0 Å². The molecule has 0 aliphatic carbocycles. The van der Waals surface area contributed by atoms with Gasteiger partial charge in [-0.2, -0.15) is 0 Å². The largest absolute Gasteiger partial charge is 0.497 e. The average molecular weight is 573 g/mol. The van der Waals surface area contributed by atoms with E-state index in [0.717, 1.165) is 21.9 Å². The molecule has 3 heterocycles. The highest BCUT2D eigenvalue weighted by Gasteiger charge is 2.28. The second kappa shape index (κ2) is 12.0. The number of aliphatic hydroxyl groups is 1. The molecule has 0 bridgehead atoms. The summed E-state index contributed by atoms with van der Waals surface area (Å²) in [6.07, 6.45) is 2.66. The Bertz CT molecular complexity index is 1720. The van der Waals surface area contributed by atoms with E-state index >= 15 is 0 Å². The first-order valence-electron chi connectivity index (χ1n) is 13.4. The fourth-order valence-electron chi connectivity index (χ4n) is 4.92. The molecule has 2 N–H and O–H groups in total. The van der Waals surface area contributed by atoms with Crippen LogP contribution in [0, 0.1) is 0 Å². The standard InChI is InChI=1S/C32H32N2O8/c1-5-32(2,37)26(22(15-35)16-40-18-36)13-28-30-21(14-33-28)8-19-9-23(6-7-27(19)34-30)41-17-25-11-20-10-24(38-3)12-29(39-4)31(20)42-25/h6-13,15,18,33,37H,5,14,16-17H2,1-4H3/b26-22-,28-13-/t32-/m0/s1.